The van der Waals surface area contributed by atoms with Gasteiger partial charge >= 0.3 is 5.97 Å². The van der Waals surface area contributed by atoms with Crippen LogP contribution in [-0.4, -0.2) is 58.5 Å². The lowest BCUT2D eigenvalue weighted by Gasteiger charge is -2.32. The van der Waals surface area contributed by atoms with Crippen LogP contribution in [0.2, 0.25) is 0 Å². The zero-order valence-electron chi connectivity index (χ0n) is 12.5. The van der Waals surface area contributed by atoms with Crippen LogP contribution in [0.5, 0.6) is 0 Å². The molecule has 0 aromatic carbocycles. The number of hydrogen-bond donors (Lipinski definition) is 2. The molecule has 0 radical (unpaired) electrons. The van der Waals surface area contributed by atoms with Gasteiger partial charge in [-0.05, 0) is 37.8 Å². The summed E-state index contributed by atoms with van der Waals surface area (Å²) >= 11 is 0. The fourth-order valence-electron chi connectivity index (χ4n) is 3.14. The Morgan fingerprint density at radius 3 is 2.85 bits per heavy atom. The highest BCUT2D eigenvalue weighted by atomic mass is 16.6. The number of ether oxygens (including phenoxy) is 1. The third kappa shape index (κ3) is 2.62. The molecular weight excluding hydrogens is 258 g/mol. The Balaban J connectivity index is 1.95. The molecule has 2 aliphatic heterocycles. The van der Waals surface area contributed by atoms with Crippen LogP contribution in [0.3, 0.4) is 0 Å². The van der Waals surface area contributed by atoms with E-state index < -0.39 is 23.6 Å². The van der Waals surface area contributed by atoms with E-state index in [0.717, 1.165) is 25.1 Å². The molecule has 0 aromatic heterocycles. The first-order valence-electron chi connectivity index (χ1n) is 7.38. The SMILES string of the molecule is CC(C)[C@@](O)(C(=O)OCC1=CCN2CCC[C@H]12)[C@@H](C)O. The van der Waals surface area contributed by atoms with Crippen molar-refractivity contribution in [2.45, 2.75) is 51.4 Å². The fourth-order valence-corrected chi connectivity index (χ4v) is 3.14. The molecule has 0 aromatic rings. The van der Waals surface area contributed by atoms with Crippen molar-refractivity contribution in [1.82, 2.24) is 4.90 Å². The summed E-state index contributed by atoms with van der Waals surface area (Å²) in [5.41, 5.74) is -0.721. The molecule has 2 aliphatic rings. The number of rotatable bonds is 5. The first-order valence-corrected chi connectivity index (χ1v) is 7.38. The molecule has 2 rings (SSSR count). The Bertz CT molecular complexity index is 395. The van der Waals surface area contributed by atoms with Gasteiger partial charge in [-0.2, -0.15) is 0 Å². The van der Waals surface area contributed by atoms with Crippen molar-refractivity contribution in [3.8, 4) is 0 Å². The largest absolute Gasteiger partial charge is 0.459 e. The minimum absolute atomic E-state index is 0.210. The minimum Gasteiger partial charge on any atom is -0.459 e. The molecule has 1 fully saturated rings. The van der Waals surface area contributed by atoms with Gasteiger partial charge in [0.1, 0.15) is 6.61 Å². The van der Waals surface area contributed by atoms with Gasteiger partial charge in [0.15, 0.2) is 5.60 Å². The second kappa shape index (κ2) is 5.84. The fraction of sp³-hybridized carbons (Fsp3) is 0.800. The summed E-state index contributed by atoms with van der Waals surface area (Å²) in [6.07, 6.45) is 3.23. The van der Waals surface area contributed by atoms with Crippen LogP contribution in [0.15, 0.2) is 11.6 Å². The normalized spacial score (nSPS) is 27.1. The molecule has 1 saturated heterocycles. The van der Waals surface area contributed by atoms with Crippen LogP contribution in [0.25, 0.3) is 0 Å². The van der Waals surface area contributed by atoms with E-state index in [9.17, 15) is 15.0 Å². The second-order valence-corrected chi connectivity index (χ2v) is 6.16. The summed E-state index contributed by atoms with van der Waals surface area (Å²) in [5, 5.41) is 20.0. The number of carbonyl (C=O) groups is 1. The van der Waals surface area contributed by atoms with Crippen LogP contribution in [0.4, 0.5) is 0 Å². The van der Waals surface area contributed by atoms with Crippen molar-refractivity contribution in [2.24, 2.45) is 5.92 Å². The van der Waals surface area contributed by atoms with Crippen molar-refractivity contribution < 1.29 is 19.7 Å². The minimum atomic E-state index is -1.84. The van der Waals surface area contributed by atoms with Crippen LogP contribution in [0.1, 0.15) is 33.6 Å². The molecule has 0 amide bonds. The monoisotopic (exact) mass is 283 g/mol. The number of fused-ring (bicyclic) bond motifs is 1. The van der Waals surface area contributed by atoms with Gasteiger partial charge < -0.3 is 14.9 Å². The number of carbonyl (C=O) groups excluding carboxylic acids is 1. The molecular formula is C15H25NO4. The van der Waals surface area contributed by atoms with Gasteiger partial charge in [-0.1, -0.05) is 19.9 Å². The molecule has 0 spiro atoms. The van der Waals surface area contributed by atoms with Crippen molar-refractivity contribution in [2.75, 3.05) is 19.7 Å². The molecule has 3 atom stereocenters. The molecule has 114 valence electrons. The third-order valence-corrected chi connectivity index (χ3v) is 4.59. The maximum absolute atomic E-state index is 12.1. The number of aliphatic hydroxyl groups excluding tert-OH is 1. The van der Waals surface area contributed by atoms with Gasteiger partial charge in [0, 0.05) is 12.6 Å². The van der Waals surface area contributed by atoms with Crippen LogP contribution in [-0.2, 0) is 9.53 Å². The molecule has 0 unspecified atom stereocenters. The maximum Gasteiger partial charge on any atom is 0.341 e. The smallest absolute Gasteiger partial charge is 0.341 e. The third-order valence-electron chi connectivity index (χ3n) is 4.59. The standard InChI is InChI=1S/C15H25NO4/c1-10(2)15(19,11(3)17)14(18)20-9-12-6-8-16-7-4-5-13(12)16/h6,10-11,13,17,19H,4-5,7-9H2,1-3H3/t11-,13-,15+/m1/s1. The molecule has 0 saturated carbocycles. The Labute approximate surface area is 120 Å². The predicted molar refractivity (Wildman–Crippen MR) is 75.1 cm³/mol. The van der Waals surface area contributed by atoms with E-state index in [1.807, 2.05) is 0 Å². The molecule has 2 heterocycles. The van der Waals surface area contributed by atoms with Gasteiger partial charge in [0.05, 0.1) is 6.10 Å². The van der Waals surface area contributed by atoms with Crippen LogP contribution >= 0.6 is 0 Å². The van der Waals surface area contributed by atoms with E-state index in [1.165, 1.54) is 13.3 Å². The topological polar surface area (TPSA) is 70.0 Å². The zero-order chi connectivity index (χ0) is 14.9. The molecule has 20 heavy (non-hydrogen) atoms. The molecule has 2 N–H and O–H groups in total. The van der Waals surface area contributed by atoms with E-state index in [0.29, 0.717) is 6.04 Å². The Morgan fingerprint density at radius 1 is 1.55 bits per heavy atom. The van der Waals surface area contributed by atoms with Gasteiger partial charge in [-0.3, -0.25) is 4.90 Å². The average molecular weight is 283 g/mol. The summed E-state index contributed by atoms with van der Waals surface area (Å²) in [4.78, 5) is 14.5. The van der Waals surface area contributed by atoms with Crippen molar-refractivity contribution in [3.63, 3.8) is 0 Å². The number of nitrogens with zero attached hydrogens (tertiary/aromatic N) is 1. The summed E-state index contributed by atoms with van der Waals surface area (Å²) in [6, 6.07) is 0.390. The number of hydrogen-bond acceptors (Lipinski definition) is 5. The molecule has 5 heteroatoms. The average Bonchev–Trinajstić information content (AvgIpc) is 2.97. The van der Waals surface area contributed by atoms with Crippen LogP contribution < -0.4 is 0 Å². The van der Waals surface area contributed by atoms with E-state index in [1.54, 1.807) is 13.8 Å². The highest BCUT2D eigenvalue weighted by Gasteiger charge is 2.46. The highest BCUT2D eigenvalue weighted by molar-refractivity contribution is 5.80. The van der Waals surface area contributed by atoms with Gasteiger partial charge in [-0.15, -0.1) is 0 Å². The Morgan fingerprint density at radius 2 is 2.25 bits per heavy atom. The summed E-state index contributed by atoms with van der Waals surface area (Å²) in [7, 11) is 0. The van der Waals surface area contributed by atoms with E-state index >= 15 is 0 Å². The summed E-state index contributed by atoms with van der Waals surface area (Å²) in [5.74, 6) is -1.14. The lowest BCUT2D eigenvalue weighted by Crippen LogP contribution is -2.53. The first kappa shape index (κ1) is 15.5. The van der Waals surface area contributed by atoms with Crippen molar-refractivity contribution in [1.29, 1.82) is 0 Å². The lowest BCUT2D eigenvalue weighted by molar-refractivity contribution is -0.183. The van der Waals surface area contributed by atoms with Crippen LogP contribution in [0, 0.1) is 5.92 Å². The number of aliphatic hydroxyl groups is 2. The van der Waals surface area contributed by atoms with E-state index in [2.05, 4.69) is 11.0 Å². The highest BCUT2D eigenvalue weighted by Crippen LogP contribution is 2.29. The van der Waals surface area contributed by atoms with Crippen molar-refractivity contribution in [3.05, 3.63) is 11.6 Å². The molecule has 0 bridgehead atoms. The predicted octanol–water partition coefficient (Wildman–Crippen LogP) is 0.702. The Kier molecular flexibility index (Phi) is 4.52. The molecule has 5 nitrogen and oxygen atoms in total. The summed E-state index contributed by atoms with van der Waals surface area (Å²) < 4.78 is 5.28. The second-order valence-electron chi connectivity index (χ2n) is 6.16. The lowest BCUT2D eigenvalue weighted by atomic mass is 9.85. The number of esters is 1. The van der Waals surface area contributed by atoms with Gasteiger partial charge in [0.25, 0.3) is 0 Å². The van der Waals surface area contributed by atoms with Gasteiger partial charge in [-0.25, -0.2) is 4.79 Å². The maximum atomic E-state index is 12.1. The molecule has 0 aliphatic carbocycles. The Hall–Kier alpha value is -0.910. The van der Waals surface area contributed by atoms with Crippen molar-refractivity contribution >= 4 is 5.97 Å². The van der Waals surface area contributed by atoms with E-state index in [-0.39, 0.29) is 6.61 Å². The van der Waals surface area contributed by atoms with Gasteiger partial charge in [0.2, 0.25) is 0 Å². The summed E-state index contributed by atoms with van der Waals surface area (Å²) in [6.45, 7) is 7.03. The zero-order valence-corrected chi connectivity index (χ0v) is 12.5. The quantitative estimate of drug-likeness (QED) is 0.574. The van der Waals surface area contributed by atoms with E-state index in [4.69, 9.17) is 4.74 Å². The first-order chi connectivity index (χ1) is 9.37.